The van der Waals surface area contributed by atoms with Crippen LogP contribution in [-0.4, -0.2) is 25.3 Å². The molecule has 0 amide bonds. The Morgan fingerprint density at radius 1 is 1.37 bits per heavy atom. The van der Waals surface area contributed by atoms with Crippen molar-refractivity contribution in [2.45, 2.75) is 37.6 Å². The van der Waals surface area contributed by atoms with Crippen LogP contribution in [0.1, 0.15) is 24.0 Å². The minimum Gasteiger partial charge on any atom is -0.207 e. The van der Waals surface area contributed by atoms with Crippen LogP contribution >= 0.6 is 0 Å². The number of sulfonamides is 1. The van der Waals surface area contributed by atoms with Crippen LogP contribution < -0.4 is 0 Å². The summed E-state index contributed by atoms with van der Waals surface area (Å²) in [6, 6.07) is 3.81. The summed E-state index contributed by atoms with van der Waals surface area (Å²) in [5.41, 5.74) is 0.752. The fourth-order valence-corrected chi connectivity index (χ4v) is 4.60. The number of halogens is 1. The first kappa shape index (κ1) is 14.0. The Morgan fingerprint density at radius 2 is 1.95 bits per heavy atom. The van der Waals surface area contributed by atoms with Crippen LogP contribution in [0, 0.1) is 31.0 Å². The van der Waals surface area contributed by atoms with Crippen molar-refractivity contribution in [2.24, 2.45) is 0 Å². The largest absolute Gasteiger partial charge is 0.244 e. The maximum absolute atomic E-state index is 13.3. The third-order valence-corrected chi connectivity index (χ3v) is 5.56. The minimum atomic E-state index is -3.73. The van der Waals surface area contributed by atoms with Gasteiger partial charge in [0.25, 0.3) is 0 Å². The number of nitrogens with zero attached hydrogens (tertiary/aromatic N) is 2. The first-order valence-corrected chi connectivity index (χ1v) is 7.50. The van der Waals surface area contributed by atoms with Crippen LogP contribution in [-0.2, 0) is 10.0 Å². The van der Waals surface area contributed by atoms with Crippen molar-refractivity contribution in [1.29, 1.82) is 5.26 Å². The van der Waals surface area contributed by atoms with Gasteiger partial charge in [0.2, 0.25) is 10.0 Å². The van der Waals surface area contributed by atoms with Crippen LogP contribution in [0.3, 0.4) is 0 Å². The van der Waals surface area contributed by atoms with Crippen molar-refractivity contribution in [3.63, 3.8) is 0 Å². The van der Waals surface area contributed by atoms with Crippen LogP contribution in [0.2, 0.25) is 0 Å². The SMILES string of the molecule is Cc1cc(F)cc(C)c1S(=O)(=O)N1CCCC1C#N. The Balaban J connectivity index is 2.55. The van der Waals surface area contributed by atoms with E-state index in [2.05, 4.69) is 0 Å². The molecule has 0 spiro atoms. The molecule has 0 saturated carbocycles. The van der Waals surface area contributed by atoms with E-state index in [0.29, 0.717) is 30.5 Å². The van der Waals surface area contributed by atoms with Gasteiger partial charge in [0, 0.05) is 6.54 Å². The molecule has 1 aliphatic heterocycles. The van der Waals surface area contributed by atoms with E-state index in [-0.39, 0.29) is 4.90 Å². The lowest BCUT2D eigenvalue weighted by Crippen LogP contribution is -2.35. The topological polar surface area (TPSA) is 61.2 Å². The standard InChI is InChI=1S/C13H15FN2O2S/c1-9-6-11(14)7-10(2)13(9)19(17,18)16-5-3-4-12(16)8-15/h6-7,12H,3-5H2,1-2H3. The fraction of sp³-hybridized carbons (Fsp3) is 0.462. The van der Waals surface area contributed by atoms with E-state index in [1.54, 1.807) is 13.8 Å². The monoisotopic (exact) mass is 282 g/mol. The molecule has 0 aromatic heterocycles. The van der Waals surface area contributed by atoms with E-state index in [9.17, 15) is 12.8 Å². The summed E-state index contributed by atoms with van der Waals surface area (Å²) in [5, 5.41) is 9.01. The summed E-state index contributed by atoms with van der Waals surface area (Å²) in [5.74, 6) is -0.452. The van der Waals surface area contributed by atoms with Crippen LogP contribution in [0.4, 0.5) is 4.39 Å². The molecular weight excluding hydrogens is 267 g/mol. The highest BCUT2D eigenvalue weighted by Gasteiger charge is 2.36. The predicted molar refractivity (Wildman–Crippen MR) is 68.4 cm³/mol. The first-order chi connectivity index (χ1) is 8.87. The molecule has 6 heteroatoms. The number of hydrogen-bond acceptors (Lipinski definition) is 3. The second-order valence-corrected chi connectivity index (χ2v) is 6.60. The molecule has 1 saturated heterocycles. The molecule has 1 aromatic rings. The zero-order valence-electron chi connectivity index (χ0n) is 10.9. The molecule has 0 bridgehead atoms. The van der Waals surface area contributed by atoms with E-state index in [1.165, 1.54) is 16.4 Å². The summed E-state index contributed by atoms with van der Waals surface area (Å²) in [7, 11) is -3.73. The van der Waals surface area contributed by atoms with E-state index in [0.717, 1.165) is 0 Å². The van der Waals surface area contributed by atoms with Gasteiger partial charge in [-0.2, -0.15) is 9.57 Å². The van der Waals surface area contributed by atoms with Crippen LogP contribution in [0.15, 0.2) is 17.0 Å². The van der Waals surface area contributed by atoms with Gasteiger partial charge in [0.1, 0.15) is 11.9 Å². The van der Waals surface area contributed by atoms with E-state index in [4.69, 9.17) is 5.26 Å². The summed E-state index contributed by atoms with van der Waals surface area (Å²) < 4.78 is 39.7. The summed E-state index contributed by atoms with van der Waals surface area (Å²) in [4.78, 5) is 0.121. The fourth-order valence-electron chi connectivity index (χ4n) is 2.58. The average Bonchev–Trinajstić information content (AvgIpc) is 2.75. The molecule has 1 unspecified atom stereocenters. The number of nitriles is 1. The lowest BCUT2D eigenvalue weighted by atomic mass is 10.1. The maximum atomic E-state index is 13.3. The number of hydrogen-bond donors (Lipinski definition) is 0. The molecule has 102 valence electrons. The molecular formula is C13H15FN2O2S. The van der Waals surface area contributed by atoms with Crippen molar-refractivity contribution in [1.82, 2.24) is 4.31 Å². The van der Waals surface area contributed by atoms with Gasteiger partial charge in [-0.3, -0.25) is 0 Å². The van der Waals surface area contributed by atoms with Gasteiger partial charge in [-0.25, -0.2) is 12.8 Å². The van der Waals surface area contributed by atoms with E-state index < -0.39 is 21.9 Å². The van der Waals surface area contributed by atoms with Gasteiger partial charge >= 0.3 is 0 Å². The molecule has 1 fully saturated rings. The Morgan fingerprint density at radius 3 is 2.47 bits per heavy atom. The van der Waals surface area contributed by atoms with Gasteiger partial charge in [0.15, 0.2) is 0 Å². The lowest BCUT2D eigenvalue weighted by Gasteiger charge is -2.21. The Labute approximate surface area is 112 Å². The van der Waals surface area contributed by atoms with Gasteiger partial charge < -0.3 is 0 Å². The predicted octanol–water partition coefficient (Wildman–Crippen LogP) is 2.12. The van der Waals surface area contributed by atoms with Crippen molar-refractivity contribution in [3.05, 3.63) is 29.1 Å². The van der Waals surface area contributed by atoms with Gasteiger partial charge in [0.05, 0.1) is 11.0 Å². The van der Waals surface area contributed by atoms with Crippen molar-refractivity contribution in [3.8, 4) is 6.07 Å². The second-order valence-electron chi connectivity index (χ2n) is 4.77. The molecule has 0 aliphatic carbocycles. The summed E-state index contributed by atoms with van der Waals surface area (Å²) in [6.45, 7) is 3.48. The van der Waals surface area contributed by atoms with E-state index in [1.807, 2.05) is 6.07 Å². The van der Waals surface area contributed by atoms with Crippen LogP contribution in [0.5, 0.6) is 0 Å². The summed E-state index contributed by atoms with van der Waals surface area (Å²) in [6.07, 6.45) is 1.23. The zero-order valence-corrected chi connectivity index (χ0v) is 11.7. The molecule has 2 rings (SSSR count). The van der Waals surface area contributed by atoms with Gasteiger partial charge in [-0.1, -0.05) is 0 Å². The quantitative estimate of drug-likeness (QED) is 0.834. The van der Waals surface area contributed by atoms with Gasteiger partial charge in [-0.15, -0.1) is 0 Å². The number of benzene rings is 1. The smallest absolute Gasteiger partial charge is 0.207 e. The highest BCUT2D eigenvalue weighted by atomic mass is 32.2. The van der Waals surface area contributed by atoms with Gasteiger partial charge in [-0.05, 0) is 49.9 Å². The normalized spacial score (nSPS) is 20.4. The Hall–Kier alpha value is -1.45. The molecule has 0 radical (unpaired) electrons. The lowest BCUT2D eigenvalue weighted by molar-refractivity contribution is 0.436. The van der Waals surface area contributed by atoms with Crippen LogP contribution in [0.25, 0.3) is 0 Å². The molecule has 0 N–H and O–H groups in total. The van der Waals surface area contributed by atoms with Crippen molar-refractivity contribution < 1.29 is 12.8 Å². The third-order valence-electron chi connectivity index (χ3n) is 3.34. The molecule has 4 nitrogen and oxygen atoms in total. The maximum Gasteiger partial charge on any atom is 0.244 e. The highest BCUT2D eigenvalue weighted by molar-refractivity contribution is 7.89. The number of rotatable bonds is 2. The molecule has 1 atom stereocenters. The minimum absolute atomic E-state index is 0.121. The Kier molecular flexibility index (Phi) is 3.61. The molecule has 1 aliphatic rings. The second kappa shape index (κ2) is 4.91. The average molecular weight is 282 g/mol. The Bertz CT molecular complexity index is 626. The number of aryl methyl sites for hydroxylation is 2. The van der Waals surface area contributed by atoms with Crippen molar-refractivity contribution >= 4 is 10.0 Å². The van der Waals surface area contributed by atoms with E-state index >= 15 is 0 Å². The zero-order chi connectivity index (χ0) is 14.2. The third kappa shape index (κ3) is 2.36. The molecule has 1 aromatic carbocycles. The first-order valence-electron chi connectivity index (χ1n) is 6.06. The molecule has 19 heavy (non-hydrogen) atoms. The van der Waals surface area contributed by atoms with Crippen molar-refractivity contribution in [2.75, 3.05) is 6.54 Å². The summed E-state index contributed by atoms with van der Waals surface area (Å²) >= 11 is 0. The highest BCUT2D eigenvalue weighted by Crippen LogP contribution is 2.30. The molecule has 1 heterocycles.